The Hall–Kier alpha value is -2.50. The number of hydrogen-bond donors (Lipinski definition) is 1. The Morgan fingerprint density at radius 1 is 1.25 bits per heavy atom. The quantitative estimate of drug-likeness (QED) is 0.822. The van der Waals surface area contributed by atoms with Gasteiger partial charge < -0.3 is 19.2 Å². The molecule has 0 bridgehead atoms. The Balaban J connectivity index is 2.47. The van der Waals surface area contributed by atoms with E-state index in [1.54, 1.807) is 19.1 Å². The van der Waals surface area contributed by atoms with Crippen LogP contribution in [0.5, 0.6) is 11.5 Å². The highest BCUT2D eigenvalue weighted by molar-refractivity contribution is 5.89. The number of aryl methyl sites for hydroxylation is 1. The summed E-state index contributed by atoms with van der Waals surface area (Å²) in [5.74, 6) is 1.000. The highest BCUT2D eigenvalue weighted by Gasteiger charge is 2.19. The molecule has 1 aromatic carbocycles. The molecule has 0 aliphatic heterocycles. The summed E-state index contributed by atoms with van der Waals surface area (Å²) in [7, 11) is 3.00. The molecule has 1 aromatic heterocycles. The fourth-order valence-corrected chi connectivity index (χ4v) is 2.51. The third-order valence-electron chi connectivity index (χ3n) is 3.84. The van der Waals surface area contributed by atoms with Gasteiger partial charge in [-0.15, -0.1) is 0 Å². The number of benzene rings is 1. The van der Waals surface area contributed by atoms with Gasteiger partial charge in [-0.25, -0.2) is 4.79 Å². The van der Waals surface area contributed by atoms with Crippen molar-refractivity contribution in [2.45, 2.75) is 27.2 Å². The number of rotatable bonds is 6. The monoisotopic (exact) mass is 333 g/mol. The van der Waals surface area contributed by atoms with Crippen molar-refractivity contribution in [3.8, 4) is 11.5 Å². The number of carbonyl (C=O) groups excluding carboxylic acids is 1. The second kappa shape index (κ2) is 7.38. The SMILES string of the molecule is COc1ccc2c(C)c(CC(=O)NCC(C)C)c(=O)oc2c1OC. The third kappa shape index (κ3) is 3.53. The van der Waals surface area contributed by atoms with Crippen LogP contribution in [0.15, 0.2) is 21.3 Å². The van der Waals surface area contributed by atoms with E-state index < -0.39 is 5.63 Å². The summed E-state index contributed by atoms with van der Waals surface area (Å²) >= 11 is 0. The summed E-state index contributed by atoms with van der Waals surface area (Å²) in [6.07, 6.45) is -0.00876. The Morgan fingerprint density at radius 3 is 2.54 bits per heavy atom. The molecule has 1 amide bonds. The maximum Gasteiger partial charge on any atom is 0.340 e. The standard InChI is InChI=1S/C18H23NO5/c1-10(2)9-19-15(20)8-13-11(3)12-6-7-14(22-4)17(23-5)16(12)24-18(13)21/h6-7,10H,8-9H2,1-5H3,(H,19,20). The first kappa shape index (κ1) is 17.8. The lowest BCUT2D eigenvalue weighted by Gasteiger charge is -2.13. The number of carbonyl (C=O) groups is 1. The van der Waals surface area contributed by atoms with Crippen molar-refractivity contribution in [2.75, 3.05) is 20.8 Å². The first-order valence-corrected chi connectivity index (χ1v) is 7.83. The number of amides is 1. The molecule has 0 unspecified atom stereocenters. The molecule has 0 aliphatic carbocycles. The molecule has 6 nitrogen and oxygen atoms in total. The van der Waals surface area contributed by atoms with Gasteiger partial charge in [0, 0.05) is 11.9 Å². The number of ether oxygens (including phenoxy) is 2. The molecule has 2 rings (SSSR count). The largest absolute Gasteiger partial charge is 0.493 e. The summed E-state index contributed by atoms with van der Waals surface area (Å²) in [6.45, 7) is 6.39. The van der Waals surface area contributed by atoms with Crippen LogP contribution in [0.3, 0.4) is 0 Å². The van der Waals surface area contributed by atoms with E-state index in [4.69, 9.17) is 13.9 Å². The summed E-state index contributed by atoms with van der Waals surface area (Å²) in [4.78, 5) is 24.4. The van der Waals surface area contributed by atoms with Crippen molar-refractivity contribution in [2.24, 2.45) is 5.92 Å². The molecule has 24 heavy (non-hydrogen) atoms. The molecular formula is C18H23NO5. The van der Waals surface area contributed by atoms with Gasteiger partial charge in [0.25, 0.3) is 0 Å². The number of hydrogen-bond acceptors (Lipinski definition) is 5. The van der Waals surface area contributed by atoms with Gasteiger partial charge in [0.1, 0.15) is 0 Å². The Labute approximate surface area is 140 Å². The zero-order valence-corrected chi connectivity index (χ0v) is 14.7. The lowest BCUT2D eigenvalue weighted by atomic mass is 10.0. The molecule has 130 valence electrons. The maximum absolute atomic E-state index is 12.4. The van der Waals surface area contributed by atoms with E-state index >= 15 is 0 Å². The first-order valence-electron chi connectivity index (χ1n) is 7.83. The Kier molecular flexibility index (Phi) is 5.49. The minimum atomic E-state index is -0.536. The fourth-order valence-electron chi connectivity index (χ4n) is 2.51. The Morgan fingerprint density at radius 2 is 1.96 bits per heavy atom. The molecule has 2 aromatic rings. The lowest BCUT2D eigenvalue weighted by Crippen LogP contribution is -2.30. The van der Waals surface area contributed by atoms with Crippen molar-refractivity contribution < 1.29 is 18.7 Å². The van der Waals surface area contributed by atoms with Crippen molar-refractivity contribution in [1.29, 1.82) is 0 Å². The maximum atomic E-state index is 12.4. The summed E-state index contributed by atoms with van der Waals surface area (Å²) in [6, 6.07) is 3.54. The number of fused-ring (bicyclic) bond motifs is 1. The minimum Gasteiger partial charge on any atom is -0.493 e. The molecule has 6 heteroatoms. The van der Waals surface area contributed by atoms with Crippen LogP contribution < -0.4 is 20.4 Å². The van der Waals surface area contributed by atoms with E-state index in [0.717, 1.165) is 5.39 Å². The van der Waals surface area contributed by atoms with Crippen molar-refractivity contribution in [3.63, 3.8) is 0 Å². The third-order valence-corrected chi connectivity index (χ3v) is 3.84. The molecule has 0 radical (unpaired) electrons. The van der Waals surface area contributed by atoms with Crippen LogP contribution in [0.4, 0.5) is 0 Å². The zero-order valence-electron chi connectivity index (χ0n) is 14.7. The van der Waals surface area contributed by atoms with Gasteiger partial charge in [0.15, 0.2) is 11.3 Å². The van der Waals surface area contributed by atoms with E-state index in [1.807, 2.05) is 13.8 Å². The summed E-state index contributed by atoms with van der Waals surface area (Å²) in [5.41, 5.74) is 0.856. The van der Waals surface area contributed by atoms with Crippen LogP contribution in [0.25, 0.3) is 11.0 Å². The van der Waals surface area contributed by atoms with Gasteiger partial charge in [-0.3, -0.25) is 4.79 Å². The van der Waals surface area contributed by atoms with Gasteiger partial charge in [-0.05, 0) is 30.5 Å². The summed E-state index contributed by atoms with van der Waals surface area (Å²) < 4.78 is 16.0. The van der Waals surface area contributed by atoms with Crippen molar-refractivity contribution in [3.05, 3.63) is 33.7 Å². The second-order valence-electron chi connectivity index (χ2n) is 6.05. The van der Waals surface area contributed by atoms with E-state index in [-0.39, 0.29) is 12.3 Å². The van der Waals surface area contributed by atoms with E-state index in [1.165, 1.54) is 14.2 Å². The lowest BCUT2D eigenvalue weighted by molar-refractivity contribution is -0.120. The highest BCUT2D eigenvalue weighted by atomic mass is 16.5. The summed E-state index contributed by atoms with van der Waals surface area (Å²) in [5, 5.41) is 3.53. The fraction of sp³-hybridized carbons (Fsp3) is 0.444. The van der Waals surface area contributed by atoms with Crippen LogP contribution in [0.1, 0.15) is 25.0 Å². The van der Waals surface area contributed by atoms with E-state index in [2.05, 4.69) is 5.32 Å². The molecular weight excluding hydrogens is 310 g/mol. The highest BCUT2D eigenvalue weighted by Crippen LogP contribution is 2.36. The van der Waals surface area contributed by atoms with Crippen LogP contribution >= 0.6 is 0 Å². The van der Waals surface area contributed by atoms with Gasteiger partial charge in [0.2, 0.25) is 11.7 Å². The molecule has 1 N–H and O–H groups in total. The average molecular weight is 333 g/mol. The van der Waals surface area contributed by atoms with Crippen molar-refractivity contribution in [1.82, 2.24) is 5.32 Å². The number of methoxy groups -OCH3 is 2. The van der Waals surface area contributed by atoms with E-state index in [0.29, 0.717) is 40.7 Å². The second-order valence-corrected chi connectivity index (χ2v) is 6.05. The Bertz CT molecular complexity index is 807. The molecule has 0 saturated carbocycles. The van der Waals surface area contributed by atoms with Gasteiger partial charge in [0.05, 0.1) is 26.2 Å². The average Bonchev–Trinajstić information content (AvgIpc) is 2.55. The topological polar surface area (TPSA) is 77.8 Å². The molecule has 0 spiro atoms. The normalized spacial score (nSPS) is 10.9. The molecule has 0 saturated heterocycles. The molecule has 0 atom stereocenters. The number of nitrogens with one attached hydrogen (secondary N) is 1. The molecule has 0 fully saturated rings. The van der Waals surface area contributed by atoms with Crippen LogP contribution in [0, 0.1) is 12.8 Å². The van der Waals surface area contributed by atoms with Crippen LogP contribution in [-0.4, -0.2) is 26.7 Å². The minimum absolute atomic E-state index is 0.00876. The van der Waals surface area contributed by atoms with Gasteiger partial charge in [-0.2, -0.15) is 0 Å². The van der Waals surface area contributed by atoms with E-state index in [9.17, 15) is 9.59 Å². The van der Waals surface area contributed by atoms with Crippen LogP contribution in [0.2, 0.25) is 0 Å². The predicted molar refractivity (Wildman–Crippen MR) is 91.9 cm³/mol. The van der Waals surface area contributed by atoms with Crippen LogP contribution in [-0.2, 0) is 11.2 Å². The zero-order chi connectivity index (χ0) is 17.9. The predicted octanol–water partition coefficient (Wildman–Crippen LogP) is 2.43. The first-order chi connectivity index (χ1) is 11.4. The smallest absolute Gasteiger partial charge is 0.340 e. The van der Waals surface area contributed by atoms with Crippen molar-refractivity contribution >= 4 is 16.9 Å². The van der Waals surface area contributed by atoms with Gasteiger partial charge in [-0.1, -0.05) is 13.8 Å². The molecule has 1 heterocycles. The van der Waals surface area contributed by atoms with Gasteiger partial charge >= 0.3 is 5.63 Å². The molecule has 0 aliphatic rings.